The van der Waals surface area contributed by atoms with Gasteiger partial charge in [-0.05, 0) is 24.3 Å². The first-order valence-corrected chi connectivity index (χ1v) is 8.17. The highest BCUT2D eigenvalue weighted by molar-refractivity contribution is 7.90. The Morgan fingerprint density at radius 1 is 1.35 bits per heavy atom. The minimum absolute atomic E-state index is 0.0489. The van der Waals surface area contributed by atoms with Gasteiger partial charge in [-0.3, -0.25) is 4.79 Å². The van der Waals surface area contributed by atoms with Gasteiger partial charge in [-0.2, -0.15) is 8.96 Å². The lowest BCUT2D eigenvalue weighted by Gasteiger charge is -2.09. The molecule has 0 fully saturated rings. The zero-order valence-corrected chi connectivity index (χ0v) is 13.4. The Hall–Kier alpha value is -2.26. The van der Waals surface area contributed by atoms with E-state index in [4.69, 9.17) is 11.6 Å². The number of benzene rings is 1. The summed E-state index contributed by atoms with van der Waals surface area (Å²) in [5.41, 5.74) is -1.24. The average Bonchev–Trinajstić information content (AvgIpc) is 2.50. The molecule has 0 unspecified atom stereocenters. The van der Waals surface area contributed by atoms with Crippen molar-refractivity contribution in [2.45, 2.75) is 18.2 Å². The van der Waals surface area contributed by atoms with Crippen LogP contribution in [0.25, 0.3) is 0 Å². The van der Waals surface area contributed by atoms with Gasteiger partial charge in [-0.25, -0.2) is 17.6 Å². The fraction of sp³-hybridized carbons (Fsp3) is 0.154. The molecule has 0 saturated carbocycles. The van der Waals surface area contributed by atoms with Crippen LogP contribution < -0.4 is 11.0 Å². The summed E-state index contributed by atoms with van der Waals surface area (Å²) in [6.45, 7) is 1.53. The summed E-state index contributed by atoms with van der Waals surface area (Å²) in [6, 6.07) is 4.99. The van der Waals surface area contributed by atoms with E-state index in [0.29, 0.717) is 11.2 Å². The van der Waals surface area contributed by atoms with Crippen molar-refractivity contribution < 1.29 is 17.6 Å². The van der Waals surface area contributed by atoms with Gasteiger partial charge in [0, 0.05) is 11.4 Å². The van der Waals surface area contributed by atoms with E-state index in [0.717, 1.165) is 0 Å². The summed E-state index contributed by atoms with van der Waals surface area (Å²) in [4.78, 5) is 26.1. The van der Waals surface area contributed by atoms with Gasteiger partial charge in [0.2, 0.25) is 5.91 Å². The van der Waals surface area contributed by atoms with Crippen LogP contribution in [0, 0.1) is 5.82 Å². The van der Waals surface area contributed by atoms with Crippen LogP contribution in [0.5, 0.6) is 0 Å². The van der Waals surface area contributed by atoms with Gasteiger partial charge in [-0.1, -0.05) is 18.5 Å². The molecule has 122 valence electrons. The van der Waals surface area contributed by atoms with Crippen LogP contribution in [-0.4, -0.2) is 23.3 Å². The molecule has 1 N–H and O–H groups in total. The molecule has 0 bridgehead atoms. The zero-order chi connectivity index (χ0) is 17.2. The molecule has 1 amide bonds. The van der Waals surface area contributed by atoms with E-state index >= 15 is 0 Å². The monoisotopic (exact) mass is 359 g/mol. The molecule has 23 heavy (non-hydrogen) atoms. The van der Waals surface area contributed by atoms with Gasteiger partial charge < -0.3 is 5.32 Å². The molecule has 0 radical (unpaired) electrons. The predicted octanol–water partition coefficient (Wildman–Crippen LogP) is 1.62. The first kappa shape index (κ1) is 17.1. The summed E-state index contributed by atoms with van der Waals surface area (Å²) >= 11 is 5.67. The largest absolute Gasteiger partial charge is 0.363 e. The van der Waals surface area contributed by atoms with E-state index in [1.54, 1.807) is 0 Å². The number of hydrogen-bond acceptors (Lipinski definition) is 5. The third-order valence-electron chi connectivity index (χ3n) is 2.80. The maximum Gasteiger partial charge on any atom is 0.363 e. The van der Waals surface area contributed by atoms with Crippen LogP contribution in [0.3, 0.4) is 0 Å². The van der Waals surface area contributed by atoms with Gasteiger partial charge in [0.25, 0.3) is 10.0 Å². The molecule has 0 saturated heterocycles. The summed E-state index contributed by atoms with van der Waals surface area (Å²) in [5, 5.41) is 2.38. The molecule has 2 rings (SSSR count). The number of nitrogens with one attached hydrogen (secondary N) is 1. The third kappa shape index (κ3) is 3.57. The molecule has 2 aromatic rings. The summed E-state index contributed by atoms with van der Waals surface area (Å²) in [5.74, 6) is -2.33. The van der Waals surface area contributed by atoms with E-state index in [-0.39, 0.29) is 15.3 Å². The number of carbonyl (C=O) groups is 1. The minimum Gasteiger partial charge on any atom is -0.308 e. The lowest BCUT2D eigenvalue weighted by Crippen LogP contribution is -2.31. The van der Waals surface area contributed by atoms with Crippen molar-refractivity contribution in [3.05, 3.63) is 51.8 Å². The minimum atomic E-state index is -4.33. The Morgan fingerprint density at radius 3 is 2.52 bits per heavy atom. The van der Waals surface area contributed by atoms with Crippen molar-refractivity contribution in [3.63, 3.8) is 0 Å². The van der Waals surface area contributed by atoms with Crippen LogP contribution in [0.2, 0.25) is 5.02 Å². The van der Waals surface area contributed by atoms with Crippen LogP contribution in [0.1, 0.15) is 13.3 Å². The van der Waals surface area contributed by atoms with Gasteiger partial charge in [0.05, 0.1) is 11.1 Å². The Labute approximate surface area is 135 Å². The lowest BCUT2D eigenvalue weighted by atomic mass is 10.4. The highest BCUT2D eigenvalue weighted by atomic mass is 35.5. The fourth-order valence-electron chi connectivity index (χ4n) is 1.62. The van der Waals surface area contributed by atoms with E-state index in [2.05, 4.69) is 10.3 Å². The van der Waals surface area contributed by atoms with Gasteiger partial charge in [-0.15, -0.1) is 0 Å². The van der Waals surface area contributed by atoms with E-state index in [9.17, 15) is 22.4 Å². The quantitative estimate of drug-likeness (QED) is 0.894. The fourth-order valence-corrected chi connectivity index (χ4v) is 2.93. The average molecular weight is 360 g/mol. The molecule has 0 aliphatic heterocycles. The highest BCUT2D eigenvalue weighted by Crippen LogP contribution is 2.17. The van der Waals surface area contributed by atoms with Crippen molar-refractivity contribution in [3.8, 4) is 0 Å². The molecular weight excluding hydrogens is 349 g/mol. The number of amides is 1. The van der Waals surface area contributed by atoms with Crippen LogP contribution >= 0.6 is 11.6 Å². The van der Waals surface area contributed by atoms with Crippen molar-refractivity contribution in [1.29, 1.82) is 0 Å². The molecule has 0 aliphatic rings. The summed E-state index contributed by atoms with van der Waals surface area (Å²) in [6.07, 6.45) is 0.512. The zero-order valence-electron chi connectivity index (χ0n) is 11.8. The second-order valence-corrected chi connectivity index (χ2v) is 6.63. The number of anilines is 1. The molecule has 0 atom stereocenters. The Bertz CT molecular complexity index is 910. The molecular formula is C13H11ClFN3O4S. The maximum atomic E-state index is 13.9. The normalized spacial score (nSPS) is 11.3. The molecule has 0 spiro atoms. The number of hydrogen-bond donors (Lipinski definition) is 1. The first-order valence-electron chi connectivity index (χ1n) is 6.36. The Kier molecular flexibility index (Phi) is 4.81. The second-order valence-electron chi connectivity index (χ2n) is 4.38. The van der Waals surface area contributed by atoms with Crippen molar-refractivity contribution in [2.24, 2.45) is 0 Å². The molecule has 7 nitrogen and oxygen atoms in total. The van der Waals surface area contributed by atoms with Gasteiger partial charge in [0.1, 0.15) is 0 Å². The molecule has 10 heteroatoms. The smallest absolute Gasteiger partial charge is 0.308 e. The van der Waals surface area contributed by atoms with Crippen LogP contribution in [-0.2, 0) is 14.8 Å². The standard InChI is InChI=1S/C13H11ClFN3O4S/c1-2-11(19)16-12-10(15)7-18(13(20)17-12)23(21,22)9-5-3-8(14)4-6-9/h3-7H,2H2,1H3,(H,16,17,19,20). The van der Waals surface area contributed by atoms with Gasteiger partial charge in [0.15, 0.2) is 11.6 Å². The molecule has 1 aromatic heterocycles. The van der Waals surface area contributed by atoms with E-state index < -0.39 is 33.3 Å². The first-order chi connectivity index (χ1) is 10.8. The second kappa shape index (κ2) is 6.47. The van der Waals surface area contributed by atoms with Gasteiger partial charge >= 0.3 is 5.69 Å². The van der Waals surface area contributed by atoms with Crippen LogP contribution in [0.15, 0.2) is 40.2 Å². The van der Waals surface area contributed by atoms with E-state index in [1.165, 1.54) is 31.2 Å². The van der Waals surface area contributed by atoms with Crippen LogP contribution in [0.4, 0.5) is 10.2 Å². The number of nitrogens with zero attached hydrogens (tertiary/aromatic N) is 2. The maximum absolute atomic E-state index is 13.9. The topological polar surface area (TPSA) is 98.1 Å². The number of rotatable bonds is 4. The predicted molar refractivity (Wildman–Crippen MR) is 81.4 cm³/mol. The summed E-state index contributed by atoms with van der Waals surface area (Å²) in [7, 11) is -4.33. The highest BCUT2D eigenvalue weighted by Gasteiger charge is 2.21. The van der Waals surface area contributed by atoms with Crippen molar-refractivity contribution in [2.75, 3.05) is 5.32 Å². The Balaban J connectivity index is 2.52. The van der Waals surface area contributed by atoms with Crippen molar-refractivity contribution >= 4 is 33.3 Å². The molecule has 1 heterocycles. The Morgan fingerprint density at radius 2 is 1.96 bits per heavy atom. The number of halogens is 2. The van der Waals surface area contributed by atoms with Crippen molar-refractivity contribution in [1.82, 2.24) is 8.96 Å². The number of carbonyl (C=O) groups excluding carboxylic acids is 1. The lowest BCUT2D eigenvalue weighted by molar-refractivity contribution is -0.115. The summed E-state index contributed by atoms with van der Waals surface area (Å²) < 4.78 is 38.7. The van der Waals surface area contributed by atoms with E-state index in [1.807, 2.05) is 0 Å². The third-order valence-corrected chi connectivity index (χ3v) is 4.70. The number of aromatic nitrogens is 2. The molecule has 0 aliphatic carbocycles. The molecule has 1 aromatic carbocycles. The SMILES string of the molecule is CCC(=O)Nc1nc(=O)n(S(=O)(=O)c2ccc(Cl)cc2)cc1F.